The molecule has 0 bridgehead atoms. The first-order chi connectivity index (χ1) is 13.6. The van der Waals surface area contributed by atoms with E-state index >= 15 is 0 Å². The van der Waals surface area contributed by atoms with Crippen LogP contribution < -0.4 is 15.0 Å². The van der Waals surface area contributed by atoms with Crippen molar-refractivity contribution >= 4 is 11.9 Å². The summed E-state index contributed by atoms with van der Waals surface area (Å²) in [6, 6.07) is 8.41. The van der Waals surface area contributed by atoms with Gasteiger partial charge in [-0.15, -0.1) is 0 Å². The normalized spacial score (nSPS) is 27.1. The number of ether oxygens (including phenoxy) is 1. The van der Waals surface area contributed by atoms with Crippen LogP contribution in [0.15, 0.2) is 24.3 Å². The van der Waals surface area contributed by atoms with Crippen molar-refractivity contribution in [1.29, 1.82) is 0 Å². The number of benzene rings is 1. The number of imide groups is 1. The van der Waals surface area contributed by atoms with E-state index in [4.69, 9.17) is 4.74 Å². The fourth-order valence-electron chi connectivity index (χ4n) is 5.16. The van der Waals surface area contributed by atoms with Gasteiger partial charge in [0.1, 0.15) is 17.3 Å². The van der Waals surface area contributed by atoms with Crippen molar-refractivity contribution in [3.63, 3.8) is 0 Å². The maximum atomic E-state index is 13.2. The van der Waals surface area contributed by atoms with E-state index in [1.807, 2.05) is 19.1 Å². The van der Waals surface area contributed by atoms with Crippen LogP contribution in [0.25, 0.3) is 0 Å². The highest BCUT2D eigenvalue weighted by molar-refractivity contribution is 6.06. The topological polar surface area (TPSA) is 63.1 Å². The van der Waals surface area contributed by atoms with E-state index in [0.29, 0.717) is 19.3 Å². The summed E-state index contributed by atoms with van der Waals surface area (Å²) in [5.74, 6) is 0.888. The number of nitrogens with one attached hydrogen (secondary N) is 2. The minimum absolute atomic E-state index is 0.00393. The Morgan fingerprint density at radius 1 is 1.11 bits per heavy atom. The molecule has 6 nitrogen and oxygen atoms in total. The third-order valence-corrected chi connectivity index (χ3v) is 6.64. The minimum atomic E-state index is -0.638. The molecule has 1 saturated carbocycles. The molecule has 3 fully saturated rings. The zero-order valence-corrected chi connectivity index (χ0v) is 16.8. The van der Waals surface area contributed by atoms with Crippen LogP contribution in [0.2, 0.25) is 0 Å². The Morgan fingerprint density at radius 3 is 2.50 bits per heavy atom. The zero-order chi connectivity index (χ0) is 19.6. The van der Waals surface area contributed by atoms with Crippen LogP contribution in [0.5, 0.6) is 5.75 Å². The molecule has 2 N–H and O–H groups in total. The molecule has 0 radical (unpaired) electrons. The molecular weight excluding hydrogens is 354 g/mol. The molecule has 3 amide bonds. The number of hydrogen-bond donors (Lipinski definition) is 2. The van der Waals surface area contributed by atoms with Gasteiger partial charge in [-0.05, 0) is 44.0 Å². The lowest BCUT2D eigenvalue weighted by molar-refractivity contribution is -0.925. The van der Waals surface area contributed by atoms with E-state index in [0.717, 1.165) is 63.7 Å². The van der Waals surface area contributed by atoms with Crippen molar-refractivity contribution in [3.8, 4) is 5.75 Å². The maximum absolute atomic E-state index is 13.2. The lowest BCUT2D eigenvalue weighted by Gasteiger charge is -2.27. The molecule has 1 aromatic carbocycles. The summed E-state index contributed by atoms with van der Waals surface area (Å²) in [6.45, 7) is 4.09. The highest BCUT2D eigenvalue weighted by atomic mass is 16.5. The van der Waals surface area contributed by atoms with Gasteiger partial charge in [0.15, 0.2) is 6.67 Å². The summed E-state index contributed by atoms with van der Waals surface area (Å²) in [4.78, 5) is 28.7. The van der Waals surface area contributed by atoms with Gasteiger partial charge < -0.3 is 15.0 Å². The van der Waals surface area contributed by atoms with Gasteiger partial charge in [-0.1, -0.05) is 25.7 Å². The number of quaternary nitrogens is 1. The van der Waals surface area contributed by atoms with Crippen LogP contribution in [-0.2, 0) is 4.79 Å². The van der Waals surface area contributed by atoms with Gasteiger partial charge in [0.05, 0.1) is 13.2 Å². The standard InChI is InChI=1S/C22H31N3O3/c1-2-28-18-11-9-17(10-12-18)19-8-7-15-24(19)16-25-20(26)22(23-21(25)27)13-5-3-4-6-14-22/h9-12,19H,2-8,13-16H2,1H3,(H,23,27)/p+1/t19-/m0/s1. The summed E-state index contributed by atoms with van der Waals surface area (Å²) in [5, 5.41) is 3.07. The van der Waals surface area contributed by atoms with Crippen LogP contribution >= 0.6 is 0 Å². The second kappa shape index (κ2) is 8.11. The van der Waals surface area contributed by atoms with Crippen LogP contribution in [-0.4, -0.2) is 42.2 Å². The lowest BCUT2D eigenvalue weighted by Crippen LogP contribution is -3.12. The molecule has 152 valence electrons. The molecular formula is C22H32N3O3+. The van der Waals surface area contributed by atoms with Gasteiger partial charge in [0.25, 0.3) is 5.91 Å². The van der Waals surface area contributed by atoms with Crippen LogP contribution in [0, 0.1) is 0 Å². The second-order valence-electron chi connectivity index (χ2n) is 8.42. The smallest absolute Gasteiger partial charge is 0.329 e. The van der Waals surface area contributed by atoms with Crippen molar-refractivity contribution in [2.45, 2.75) is 69.9 Å². The molecule has 28 heavy (non-hydrogen) atoms. The van der Waals surface area contributed by atoms with Gasteiger partial charge in [-0.3, -0.25) is 4.79 Å². The second-order valence-corrected chi connectivity index (χ2v) is 8.42. The van der Waals surface area contributed by atoms with Gasteiger partial charge in [0, 0.05) is 18.4 Å². The van der Waals surface area contributed by atoms with Crippen molar-refractivity contribution < 1.29 is 19.2 Å². The maximum Gasteiger partial charge on any atom is 0.329 e. The molecule has 1 unspecified atom stereocenters. The molecule has 1 aromatic rings. The van der Waals surface area contributed by atoms with E-state index in [9.17, 15) is 9.59 Å². The molecule has 1 spiro atoms. The van der Waals surface area contributed by atoms with Crippen molar-refractivity contribution in [1.82, 2.24) is 10.2 Å². The monoisotopic (exact) mass is 386 g/mol. The highest BCUT2D eigenvalue weighted by Crippen LogP contribution is 2.32. The average molecular weight is 387 g/mol. The molecule has 2 aliphatic heterocycles. The number of carbonyl (C=O) groups excluding carboxylic acids is 2. The molecule has 3 aliphatic rings. The van der Waals surface area contributed by atoms with E-state index in [1.54, 1.807) is 0 Å². The molecule has 4 rings (SSSR count). The number of nitrogens with zero attached hydrogens (tertiary/aromatic N) is 1. The van der Waals surface area contributed by atoms with E-state index in [2.05, 4.69) is 17.4 Å². The number of likely N-dealkylation sites (tertiary alicyclic amines) is 1. The van der Waals surface area contributed by atoms with Gasteiger partial charge in [0.2, 0.25) is 0 Å². The van der Waals surface area contributed by atoms with Gasteiger partial charge in [-0.25, -0.2) is 9.69 Å². The van der Waals surface area contributed by atoms with E-state index in [-0.39, 0.29) is 11.9 Å². The molecule has 0 aromatic heterocycles. The molecule has 2 heterocycles. The molecule has 2 saturated heterocycles. The molecule has 6 heteroatoms. The molecule has 1 aliphatic carbocycles. The van der Waals surface area contributed by atoms with Crippen LogP contribution in [0.1, 0.15) is 69.9 Å². The van der Waals surface area contributed by atoms with Gasteiger partial charge >= 0.3 is 6.03 Å². The minimum Gasteiger partial charge on any atom is -0.494 e. The fourth-order valence-corrected chi connectivity index (χ4v) is 5.16. The van der Waals surface area contributed by atoms with E-state index < -0.39 is 5.54 Å². The number of rotatable bonds is 5. The Labute approximate surface area is 167 Å². The van der Waals surface area contributed by atoms with Crippen LogP contribution in [0.4, 0.5) is 4.79 Å². The number of carbonyl (C=O) groups is 2. The SMILES string of the molecule is CCOc1ccc([C@@H]2CCC[NH+]2CN2C(=O)NC3(CCCCCC3)C2=O)cc1. The fraction of sp³-hybridized carbons (Fsp3) is 0.636. The Balaban J connectivity index is 1.46. The summed E-state index contributed by atoms with van der Waals surface area (Å²) >= 11 is 0. The summed E-state index contributed by atoms with van der Waals surface area (Å²) in [6.07, 6.45) is 8.11. The number of amides is 3. The zero-order valence-electron chi connectivity index (χ0n) is 16.8. The predicted octanol–water partition coefficient (Wildman–Crippen LogP) is 2.41. The summed E-state index contributed by atoms with van der Waals surface area (Å²) < 4.78 is 5.55. The summed E-state index contributed by atoms with van der Waals surface area (Å²) in [5.41, 5.74) is 0.619. The summed E-state index contributed by atoms with van der Waals surface area (Å²) in [7, 11) is 0. The van der Waals surface area contributed by atoms with E-state index in [1.165, 1.54) is 15.4 Å². The number of urea groups is 1. The highest BCUT2D eigenvalue weighted by Gasteiger charge is 2.52. The first-order valence-corrected chi connectivity index (χ1v) is 10.8. The van der Waals surface area contributed by atoms with Crippen molar-refractivity contribution in [3.05, 3.63) is 29.8 Å². The first kappa shape index (κ1) is 19.2. The first-order valence-electron chi connectivity index (χ1n) is 10.8. The van der Waals surface area contributed by atoms with Gasteiger partial charge in [-0.2, -0.15) is 0 Å². The third kappa shape index (κ3) is 3.62. The lowest BCUT2D eigenvalue weighted by atomic mass is 9.90. The van der Waals surface area contributed by atoms with Crippen molar-refractivity contribution in [2.75, 3.05) is 19.8 Å². The van der Waals surface area contributed by atoms with Crippen LogP contribution in [0.3, 0.4) is 0 Å². The third-order valence-electron chi connectivity index (χ3n) is 6.64. The Hall–Kier alpha value is -2.08. The quantitative estimate of drug-likeness (QED) is 0.764. The Bertz CT molecular complexity index is 710. The van der Waals surface area contributed by atoms with Crippen molar-refractivity contribution in [2.24, 2.45) is 0 Å². The Morgan fingerprint density at radius 2 is 1.82 bits per heavy atom. The Kier molecular flexibility index (Phi) is 5.58. The molecule has 2 atom stereocenters. The largest absolute Gasteiger partial charge is 0.494 e. The average Bonchev–Trinajstić information content (AvgIpc) is 3.14. The predicted molar refractivity (Wildman–Crippen MR) is 106 cm³/mol. The number of hydrogen-bond acceptors (Lipinski definition) is 3.